The summed E-state index contributed by atoms with van der Waals surface area (Å²) >= 11 is 0. The third-order valence-corrected chi connectivity index (χ3v) is 4.29. The molecule has 4 nitrogen and oxygen atoms in total. The van der Waals surface area contributed by atoms with Gasteiger partial charge in [0.05, 0.1) is 6.20 Å². The second-order valence-electron chi connectivity index (χ2n) is 5.77. The van der Waals surface area contributed by atoms with Crippen LogP contribution in [0.2, 0.25) is 0 Å². The molecule has 0 atom stereocenters. The summed E-state index contributed by atoms with van der Waals surface area (Å²) in [6.45, 7) is 2.15. The lowest BCUT2D eigenvalue weighted by atomic mass is 9.96. The quantitative estimate of drug-likeness (QED) is 0.775. The molecule has 1 N–H and O–H groups in total. The van der Waals surface area contributed by atoms with E-state index in [4.69, 9.17) is 0 Å². The number of hydrogen-bond acceptors (Lipinski definition) is 3. The molecule has 102 valence electrons. The Bertz CT molecular complexity index is 364. The van der Waals surface area contributed by atoms with Gasteiger partial charge in [-0.15, -0.1) is 0 Å². The number of likely N-dealkylation sites (N-methyl/N-ethyl adjacent to an activating group) is 1. The zero-order chi connectivity index (χ0) is 13.0. The number of aryl methyl sites for hydroxylation is 1. The molecule has 1 saturated carbocycles. The molecule has 0 amide bonds. The largest absolute Gasteiger partial charge is 0.315 e. The van der Waals surface area contributed by atoms with Crippen molar-refractivity contribution in [2.45, 2.75) is 37.6 Å². The summed E-state index contributed by atoms with van der Waals surface area (Å²) in [6.07, 6.45) is 10.5. The summed E-state index contributed by atoms with van der Waals surface area (Å²) in [6, 6.07) is 0. The zero-order valence-electron chi connectivity index (χ0n) is 11.9. The summed E-state index contributed by atoms with van der Waals surface area (Å²) in [5, 5.41) is 7.82. The highest BCUT2D eigenvalue weighted by Gasteiger charge is 2.35. The topological polar surface area (TPSA) is 33.1 Å². The minimum atomic E-state index is 0.398. The third-order valence-electron chi connectivity index (χ3n) is 4.29. The van der Waals surface area contributed by atoms with Crippen molar-refractivity contribution in [3.8, 4) is 0 Å². The standard InChI is InChI=1S/C14H26N4/c1-17(2)14(7-4-5-8-14)12-15-9-6-13-10-16-18(3)11-13/h10-11,15H,4-9,12H2,1-3H3. The van der Waals surface area contributed by atoms with E-state index in [1.807, 2.05) is 17.9 Å². The molecule has 0 unspecified atom stereocenters. The Kier molecular flexibility index (Phi) is 4.40. The highest BCUT2D eigenvalue weighted by atomic mass is 15.2. The fraction of sp³-hybridized carbons (Fsp3) is 0.786. The summed E-state index contributed by atoms with van der Waals surface area (Å²) in [4.78, 5) is 2.41. The molecule has 0 radical (unpaired) electrons. The van der Waals surface area contributed by atoms with E-state index in [1.54, 1.807) is 0 Å². The summed E-state index contributed by atoms with van der Waals surface area (Å²) in [5.74, 6) is 0. The molecule has 0 saturated heterocycles. The van der Waals surface area contributed by atoms with Gasteiger partial charge in [-0.1, -0.05) is 12.8 Å². The maximum Gasteiger partial charge on any atom is 0.0522 e. The molecule has 18 heavy (non-hydrogen) atoms. The molecular weight excluding hydrogens is 224 g/mol. The first-order valence-corrected chi connectivity index (χ1v) is 6.98. The second-order valence-corrected chi connectivity index (χ2v) is 5.77. The van der Waals surface area contributed by atoms with E-state index in [0.717, 1.165) is 19.5 Å². The Morgan fingerprint density at radius 2 is 2.11 bits per heavy atom. The van der Waals surface area contributed by atoms with E-state index in [2.05, 4.69) is 35.6 Å². The number of aromatic nitrogens is 2. The van der Waals surface area contributed by atoms with Gasteiger partial charge in [-0.05, 0) is 45.5 Å². The fourth-order valence-electron chi connectivity index (χ4n) is 2.97. The Morgan fingerprint density at radius 1 is 1.39 bits per heavy atom. The summed E-state index contributed by atoms with van der Waals surface area (Å²) in [5.41, 5.74) is 1.71. The Labute approximate surface area is 110 Å². The second kappa shape index (κ2) is 5.85. The fourth-order valence-corrected chi connectivity index (χ4v) is 2.97. The van der Waals surface area contributed by atoms with Crippen molar-refractivity contribution >= 4 is 0 Å². The monoisotopic (exact) mass is 250 g/mol. The smallest absolute Gasteiger partial charge is 0.0522 e. The molecule has 1 aromatic heterocycles. The minimum Gasteiger partial charge on any atom is -0.315 e. The molecule has 0 aliphatic heterocycles. The molecule has 4 heteroatoms. The Hall–Kier alpha value is -0.870. The lowest BCUT2D eigenvalue weighted by Gasteiger charge is -2.36. The Balaban J connectivity index is 1.74. The van der Waals surface area contributed by atoms with Crippen LogP contribution in [-0.2, 0) is 13.5 Å². The van der Waals surface area contributed by atoms with Crippen LogP contribution in [0.4, 0.5) is 0 Å². The number of nitrogens with one attached hydrogen (secondary N) is 1. The van der Waals surface area contributed by atoms with Crippen molar-refractivity contribution in [1.82, 2.24) is 20.0 Å². The molecule has 2 rings (SSSR count). The van der Waals surface area contributed by atoms with Gasteiger partial charge in [-0.3, -0.25) is 4.68 Å². The van der Waals surface area contributed by atoms with Gasteiger partial charge in [0.15, 0.2) is 0 Å². The van der Waals surface area contributed by atoms with Crippen molar-refractivity contribution in [2.24, 2.45) is 7.05 Å². The van der Waals surface area contributed by atoms with E-state index in [9.17, 15) is 0 Å². The Morgan fingerprint density at radius 3 is 2.67 bits per heavy atom. The highest BCUT2D eigenvalue weighted by molar-refractivity contribution is 5.04. The zero-order valence-corrected chi connectivity index (χ0v) is 11.9. The van der Waals surface area contributed by atoms with Crippen LogP contribution in [-0.4, -0.2) is 47.4 Å². The molecule has 0 bridgehead atoms. The van der Waals surface area contributed by atoms with Crippen LogP contribution in [0, 0.1) is 0 Å². The van der Waals surface area contributed by atoms with E-state index < -0.39 is 0 Å². The van der Waals surface area contributed by atoms with E-state index in [0.29, 0.717) is 5.54 Å². The van der Waals surface area contributed by atoms with E-state index in [1.165, 1.54) is 31.2 Å². The van der Waals surface area contributed by atoms with Crippen LogP contribution in [0.15, 0.2) is 12.4 Å². The van der Waals surface area contributed by atoms with Crippen molar-refractivity contribution in [3.05, 3.63) is 18.0 Å². The van der Waals surface area contributed by atoms with Crippen LogP contribution in [0.1, 0.15) is 31.2 Å². The molecule has 1 aromatic rings. The third kappa shape index (κ3) is 3.12. The molecule has 1 fully saturated rings. The van der Waals surface area contributed by atoms with Crippen molar-refractivity contribution < 1.29 is 0 Å². The molecule has 1 heterocycles. The van der Waals surface area contributed by atoms with Gasteiger partial charge in [-0.25, -0.2) is 0 Å². The van der Waals surface area contributed by atoms with Crippen LogP contribution in [0.25, 0.3) is 0 Å². The highest BCUT2D eigenvalue weighted by Crippen LogP contribution is 2.32. The minimum absolute atomic E-state index is 0.398. The molecule has 1 aliphatic rings. The molecule has 0 aromatic carbocycles. The van der Waals surface area contributed by atoms with Gasteiger partial charge in [-0.2, -0.15) is 5.10 Å². The first-order valence-electron chi connectivity index (χ1n) is 6.98. The van der Waals surface area contributed by atoms with Crippen LogP contribution >= 0.6 is 0 Å². The van der Waals surface area contributed by atoms with Crippen LogP contribution < -0.4 is 5.32 Å². The maximum atomic E-state index is 4.20. The molecule has 0 spiro atoms. The van der Waals surface area contributed by atoms with Gasteiger partial charge in [0, 0.05) is 25.3 Å². The predicted octanol–water partition coefficient (Wildman–Crippen LogP) is 1.43. The van der Waals surface area contributed by atoms with Gasteiger partial charge in [0.1, 0.15) is 0 Å². The summed E-state index contributed by atoms with van der Waals surface area (Å²) < 4.78 is 1.87. The molecular formula is C14H26N4. The SMILES string of the molecule is CN(C)C1(CNCCc2cnn(C)c2)CCCC1. The van der Waals surface area contributed by atoms with Crippen LogP contribution in [0.3, 0.4) is 0 Å². The van der Waals surface area contributed by atoms with Gasteiger partial charge in [0.2, 0.25) is 0 Å². The van der Waals surface area contributed by atoms with Gasteiger partial charge < -0.3 is 10.2 Å². The average Bonchev–Trinajstić information content (AvgIpc) is 2.94. The van der Waals surface area contributed by atoms with Crippen molar-refractivity contribution in [3.63, 3.8) is 0 Å². The predicted molar refractivity (Wildman–Crippen MR) is 74.7 cm³/mol. The van der Waals surface area contributed by atoms with Crippen LogP contribution in [0.5, 0.6) is 0 Å². The molecule has 1 aliphatic carbocycles. The van der Waals surface area contributed by atoms with Crippen molar-refractivity contribution in [2.75, 3.05) is 27.2 Å². The average molecular weight is 250 g/mol. The van der Waals surface area contributed by atoms with Gasteiger partial charge in [0.25, 0.3) is 0 Å². The summed E-state index contributed by atoms with van der Waals surface area (Å²) in [7, 11) is 6.40. The first-order chi connectivity index (χ1) is 8.62. The van der Waals surface area contributed by atoms with E-state index in [-0.39, 0.29) is 0 Å². The van der Waals surface area contributed by atoms with Gasteiger partial charge >= 0.3 is 0 Å². The normalized spacial score (nSPS) is 18.7. The number of nitrogens with zero attached hydrogens (tertiary/aromatic N) is 3. The maximum absolute atomic E-state index is 4.20. The first kappa shape index (κ1) is 13.6. The lowest BCUT2D eigenvalue weighted by molar-refractivity contribution is 0.154. The number of rotatable bonds is 6. The number of hydrogen-bond donors (Lipinski definition) is 1. The lowest BCUT2D eigenvalue weighted by Crippen LogP contribution is -2.49. The van der Waals surface area contributed by atoms with E-state index >= 15 is 0 Å². The van der Waals surface area contributed by atoms with Crippen molar-refractivity contribution in [1.29, 1.82) is 0 Å².